The number of hydrogen-bond acceptors (Lipinski definition) is 6. The zero-order chi connectivity index (χ0) is 27.5. The summed E-state index contributed by atoms with van der Waals surface area (Å²) in [6.07, 6.45) is 4.07. The van der Waals surface area contributed by atoms with Crippen molar-refractivity contribution in [2.45, 2.75) is 64.6 Å². The van der Waals surface area contributed by atoms with E-state index in [-0.39, 0.29) is 24.1 Å². The topological polar surface area (TPSA) is 129 Å². The highest BCUT2D eigenvalue weighted by Gasteiger charge is 2.30. The maximum Gasteiger partial charge on any atom is 0.341 e. The third-order valence-corrected chi connectivity index (χ3v) is 7.67. The standard InChI is InChI=1S/C27H40N6O4S/c1-4-12-29-26(35)30-22-7-8-24(25(28)34)21(16-22)6-5-19(2)32-13-9-23(10-14-32)33(27(36)31-37-3)17-20-11-15-38-18-20/h7-8,11,15-16,18-19,23H,4-6,9-10,12-14,17H2,1-3H3,(H2,28,34)(H,31,36)(H2,29,30,35)/t19-/m1/s1. The first-order chi connectivity index (χ1) is 18.3. The Morgan fingerprint density at radius 2 is 2.00 bits per heavy atom. The second kappa shape index (κ2) is 14.7. The summed E-state index contributed by atoms with van der Waals surface area (Å²) in [7, 11) is 1.45. The molecule has 5 amide bonds. The summed E-state index contributed by atoms with van der Waals surface area (Å²) in [4.78, 5) is 46.0. The van der Waals surface area contributed by atoms with Gasteiger partial charge in [0.15, 0.2) is 0 Å². The molecule has 38 heavy (non-hydrogen) atoms. The minimum absolute atomic E-state index is 0.122. The normalized spacial score (nSPS) is 15.0. The first-order valence-corrected chi connectivity index (χ1v) is 14.1. The van der Waals surface area contributed by atoms with Gasteiger partial charge >= 0.3 is 12.1 Å². The fourth-order valence-corrected chi connectivity index (χ4v) is 5.47. The predicted molar refractivity (Wildman–Crippen MR) is 150 cm³/mol. The summed E-state index contributed by atoms with van der Waals surface area (Å²) in [5.74, 6) is -0.476. The number of rotatable bonds is 12. The first-order valence-electron chi connectivity index (χ1n) is 13.1. The first kappa shape index (κ1) is 29.4. The van der Waals surface area contributed by atoms with Crippen LogP contribution in [0.25, 0.3) is 0 Å². The number of hydrogen-bond donors (Lipinski definition) is 4. The summed E-state index contributed by atoms with van der Waals surface area (Å²) >= 11 is 1.62. The molecule has 0 unspecified atom stereocenters. The van der Waals surface area contributed by atoms with Crippen LogP contribution >= 0.6 is 11.3 Å². The van der Waals surface area contributed by atoms with Gasteiger partial charge in [0.1, 0.15) is 0 Å². The molecule has 1 aromatic carbocycles. The fourth-order valence-electron chi connectivity index (χ4n) is 4.81. The van der Waals surface area contributed by atoms with Crippen LogP contribution in [0, 0.1) is 0 Å². The molecule has 10 nitrogen and oxygen atoms in total. The number of carbonyl (C=O) groups is 3. The van der Waals surface area contributed by atoms with Gasteiger partial charge in [0, 0.05) is 49.5 Å². The smallest absolute Gasteiger partial charge is 0.341 e. The number of likely N-dealkylation sites (tertiary alicyclic amines) is 1. The average molecular weight is 545 g/mol. The summed E-state index contributed by atoms with van der Waals surface area (Å²) in [6.45, 7) is 7.06. The second-order valence-electron chi connectivity index (χ2n) is 9.64. The number of benzene rings is 1. The van der Waals surface area contributed by atoms with Crippen molar-refractivity contribution in [2.24, 2.45) is 5.73 Å². The lowest BCUT2D eigenvalue weighted by Gasteiger charge is -2.40. The van der Waals surface area contributed by atoms with Gasteiger partial charge in [-0.05, 0) is 85.2 Å². The molecule has 0 spiro atoms. The Kier molecular flexibility index (Phi) is 11.4. The third kappa shape index (κ3) is 8.44. The maximum atomic E-state index is 12.7. The van der Waals surface area contributed by atoms with Crippen molar-refractivity contribution in [2.75, 3.05) is 32.1 Å². The number of nitrogens with zero attached hydrogens (tertiary/aromatic N) is 2. The SMILES string of the molecule is CCCNC(=O)Nc1ccc(C(N)=O)c(CC[C@@H](C)N2CCC(N(Cc3ccsc3)C(=O)NOC)CC2)c1. The van der Waals surface area contributed by atoms with Crippen LogP contribution in [-0.2, 0) is 17.8 Å². The van der Waals surface area contributed by atoms with Gasteiger partial charge in [-0.25, -0.2) is 15.1 Å². The number of thiophene rings is 1. The molecule has 11 heteroatoms. The minimum Gasteiger partial charge on any atom is -0.366 e. The van der Waals surface area contributed by atoms with Crippen LogP contribution in [0.1, 0.15) is 61.0 Å². The van der Waals surface area contributed by atoms with Gasteiger partial charge in [-0.15, -0.1) is 0 Å². The number of urea groups is 2. The molecule has 1 aliphatic heterocycles. The molecule has 208 valence electrons. The molecule has 0 bridgehead atoms. The van der Waals surface area contributed by atoms with Crippen molar-refractivity contribution < 1.29 is 19.2 Å². The Morgan fingerprint density at radius 3 is 2.63 bits per heavy atom. The summed E-state index contributed by atoms with van der Waals surface area (Å²) in [5.41, 5.74) is 11.1. The largest absolute Gasteiger partial charge is 0.366 e. The van der Waals surface area contributed by atoms with Crippen molar-refractivity contribution in [1.82, 2.24) is 20.6 Å². The van der Waals surface area contributed by atoms with Crippen LogP contribution in [0.5, 0.6) is 0 Å². The molecule has 1 saturated heterocycles. The van der Waals surface area contributed by atoms with E-state index in [4.69, 9.17) is 10.6 Å². The molecule has 1 atom stereocenters. The van der Waals surface area contributed by atoms with Crippen LogP contribution in [0.3, 0.4) is 0 Å². The van der Waals surface area contributed by atoms with Gasteiger partial charge in [0.2, 0.25) is 5.91 Å². The van der Waals surface area contributed by atoms with Crippen LogP contribution < -0.4 is 21.8 Å². The lowest BCUT2D eigenvalue weighted by Crippen LogP contribution is -2.51. The number of piperidine rings is 1. The van der Waals surface area contributed by atoms with E-state index in [1.54, 1.807) is 23.5 Å². The van der Waals surface area contributed by atoms with Crippen LogP contribution in [0.4, 0.5) is 15.3 Å². The molecule has 3 rings (SSSR count). The van der Waals surface area contributed by atoms with Gasteiger partial charge in [-0.2, -0.15) is 11.3 Å². The average Bonchev–Trinajstić information content (AvgIpc) is 3.43. The molecule has 0 aliphatic carbocycles. The fraction of sp³-hybridized carbons (Fsp3) is 0.519. The van der Waals surface area contributed by atoms with E-state index in [1.807, 2.05) is 29.3 Å². The van der Waals surface area contributed by atoms with E-state index in [2.05, 4.69) is 33.3 Å². The Labute approximate surface area is 228 Å². The Morgan fingerprint density at radius 1 is 1.24 bits per heavy atom. The highest BCUT2D eigenvalue weighted by Crippen LogP contribution is 2.24. The van der Waals surface area contributed by atoms with Gasteiger partial charge in [-0.3, -0.25) is 9.63 Å². The molecular weight excluding hydrogens is 504 g/mol. The number of hydroxylamine groups is 1. The van der Waals surface area contributed by atoms with Gasteiger partial charge in [0.25, 0.3) is 0 Å². The van der Waals surface area contributed by atoms with Gasteiger partial charge in [0.05, 0.1) is 7.11 Å². The zero-order valence-corrected chi connectivity index (χ0v) is 23.3. The lowest BCUT2D eigenvalue weighted by molar-refractivity contribution is 0.0565. The minimum atomic E-state index is -0.476. The molecule has 2 heterocycles. The summed E-state index contributed by atoms with van der Waals surface area (Å²) in [6, 6.07) is 7.16. The van der Waals surface area contributed by atoms with Gasteiger partial charge < -0.3 is 26.2 Å². The van der Waals surface area contributed by atoms with E-state index in [9.17, 15) is 14.4 Å². The second-order valence-corrected chi connectivity index (χ2v) is 10.4. The van der Waals surface area contributed by atoms with E-state index >= 15 is 0 Å². The van der Waals surface area contributed by atoms with Crippen molar-refractivity contribution in [3.8, 4) is 0 Å². The molecule has 5 N–H and O–H groups in total. The number of aryl methyl sites for hydroxylation is 1. The van der Waals surface area contributed by atoms with Crippen LogP contribution in [0.15, 0.2) is 35.0 Å². The number of amides is 5. The number of nitrogens with two attached hydrogens (primary N) is 1. The molecule has 1 fully saturated rings. The van der Waals surface area contributed by atoms with E-state index < -0.39 is 5.91 Å². The van der Waals surface area contributed by atoms with Crippen LogP contribution in [0.2, 0.25) is 0 Å². The summed E-state index contributed by atoms with van der Waals surface area (Å²) < 4.78 is 0. The molecule has 2 aromatic rings. The molecule has 1 aromatic heterocycles. The quantitative estimate of drug-likeness (QED) is 0.301. The van der Waals surface area contributed by atoms with Crippen molar-refractivity contribution in [3.05, 3.63) is 51.7 Å². The van der Waals surface area contributed by atoms with E-state index in [0.717, 1.165) is 49.9 Å². The Balaban J connectivity index is 1.58. The highest BCUT2D eigenvalue weighted by atomic mass is 32.1. The summed E-state index contributed by atoms with van der Waals surface area (Å²) in [5, 5.41) is 9.69. The highest BCUT2D eigenvalue weighted by molar-refractivity contribution is 7.07. The third-order valence-electron chi connectivity index (χ3n) is 6.94. The van der Waals surface area contributed by atoms with Crippen molar-refractivity contribution in [1.29, 1.82) is 0 Å². The maximum absolute atomic E-state index is 12.7. The van der Waals surface area contributed by atoms with Crippen molar-refractivity contribution >= 4 is 35.0 Å². The number of primary amides is 1. The van der Waals surface area contributed by atoms with Gasteiger partial charge in [-0.1, -0.05) is 6.92 Å². The monoisotopic (exact) mass is 544 g/mol. The molecule has 0 saturated carbocycles. The Hall–Kier alpha value is -3.15. The van der Waals surface area contributed by atoms with Crippen LogP contribution in [-0.4, -0.2) is 66.6 Å². The van der Waals surface area contributed by atoms with E-state index in [0.29, 0.717) is 30.8 Å². The zero-order valence-electron chi connectivity index (χ0n) is 22.5. The Bertz CT molecular complexity index is 1060. The van der Waals surface area contributed by atoms with E-state index in [1.165, 1.54) is 7.11 Å². The lowest BCUT2D eigenvalue weighted by atomic mass is 9.96. The molecular formula is C27H40N6O4S. The number of anilines is 1. The molecule has 1 aliphatic rings. The van der Waals surface area contributed by atoms with Crippen molar-refractivity contribution in [3.63, 3.8) is 0 Å². The number of nitrogens with one attached hydrogen (secondary N) is 3. The molecule has 0 radical (unpaired) electrons. The predicted octanol–water partition coefficient (Wildman–Crippen LogP) is 3.94. The number of carbonyl (C=O) groups excluding carboxylic acids is 3.